The molecule has 0 aliphatic rings. The zero-order valence-electron chi connectivity index (χ0n) is 7.55. The van der Waals surface area contributed by atoms with Crippen LogP contribution in [0.1, 0.15) is 25.4 Å². The van der Waals surface area contributed by atoms with Gasteiger partial charge in [0.05, 0.1) is 5.69 Å². The number of aromatic nitrogens is 1. The number of oxazole rings is 1. The Morgan fingerprint density at radius 2 is 2.31 bits per heavy atom. The van der Waals surface area contributed by atoms with E-state index in [1.54, 1.807) is 6.92 Å². The first-order chi connectivity index (χ1) is 5.89. The van der Waals surface area contributed by atoms with Gasteiger partial charge in [0, 0.05) is 19.4 Å². The maximum Gasteiger partial charge on any atom is 0.319 e. The van der Waals surface area contributed by atoms with Gasteiger partial charge in [0.25, 0.3) is 5.89 Å². The van der Waals surface area contributed by atoms with E-state index in [-0.39, 0.29) is 6.04 Å². The molecule has 0 aliphatic carbocycles. The molecule has 0 aliphatic heterocycles. The predicted octanol–water partition coefficient (Wildman–Crippen LogP) is 1.68. The summed E-state index contributed by atoms with van der Waals surface area (Å²) < 4.78 is 29.8. The molecule has 0 fully saturated rings. The average molecular weight is 190 g/mol. The highest BCUT2D eigenvalue weighted by Crippen LogP contribution is 2.25. The highest BCUT2D eigenvalue weighted by Gasteiger charge is 2.30. The second-order valence-corrected chi connectivity index (χ2v) is 3.21. The van der Waals surface area contributed by atoms with Gasteiger partial charge in [-0.2, -0.15) is 8.78 Å². The molecule has 1 unspecified atom stereocenters. The molecule has 0 saturated carbocycles. The Bertz CT molecular complexity index is 278. The van der Waals surface area contributed by atoms with E-state index in [9.17, 15) is 8.78 Å². The minimum atomic E-state index is -3.02. The van der Waals surface area contributed by atoms with Crippen LogP contribution in [-0.4, -0.2) is 11.0 Å². The SMILES string of the molecule is CC(N)Cc1coc(C(C)(F)F)n1. The molecule has 0 radical (unpaired) electrons. The van der Waals surface area contributed by atoms with Crippen LogP contribution in [0.4, 0.5) is 8.78 Å². The highest BCUT2D eigenvalue weighted by molar-refractivity contribution is 5.01. The van der Waals surface area contributed by atoms with Crippen molar-refractivity contribution in [2.75, 3.05) is 0 Å². The van der Waals surface area contributed by atoms with Gasteiger partial charge in [-0.25, -0.2) is 4.98 Å². The van der Waals surface area contributed by atoms with E-state index in [0.29, 0.717) is 12.1 Å². The zero-order valence-corrected chi connectivity index (χ0v) is 7.55. The van der Waals surface area contributed by atoms with Gasteiger partial charge >= 0.3 is 5.92 Å². The van der Waals surface area contributed by atoms with E-state index in [0.717, 1.165) is 6.92 Å². The average Bonchev–Trinajstić information content (AvgIpc) is 2.32. The number of hydrogen-bond donors (Lipinski definition) is 1. The standard InChI is InChI=1S/C8H12F2N2O/c1-5(11)3-6-4-13-7(12-6)8(2,9)10/h4-5H,3,11H2,1-2H3. The molecule has 13 heavy (non-hydrogen) atoms. The first-order valence-electron chi connectivity index (χ1n) is 3.98. The van der Waals surface area contributed by atoms with E-state index >= 15 is 0 Å². The van der Waals surface area contributed by atoms with E-state index in [4.69, 9.17) is 5.73 Å². The van der Waals surface area contributed by atoms with Crippen LogP contribution in [0.3, 0.4) is 0 Å². The summed E-state index contributed by atoms with van der Waals surface area (Å²) in [6.07, 6.45) is 1.66. The molecule has 1 atom stereocenters. The van der Waals surface area contributed by atoms with Crippen molar-refractivity contribution in [2.45, 2.75) is 32.2 Å². The van der Waals surface area contributed by atoms with Crippen molar-refractivity contribution in [3.8, 4) is 0 Å². The van der Waals surface area contributed by atoms with Gasteiger partial charge in [-0.15, -0.1) is 0 Å². The fourth-order valence-corrected chi connectivity index (χ4v) is 0.932. The summed E-state index contributed by atoms with van der Waals surface area (Å²) in [5.74, 6) is -3.57. The van der Waals surface area contributed by atoms with Gasteiger partial charge in [0.15, 0.2) is 0 Å². The minimum absolute atomic E-state index is 0.108. The summed E-state index contributed by atoms with van der Waals surface area (Å²) in [7, 11) is 0. The first-order valence-corrected chi connectivity index (χ1v) is 3.98. The number of rotatable bonds is 3. The molecule has 0 spiro atoms. The molecule has 1 heterocycles. The maximum absolute atomic E-state index is 12.6. The van der Waals surface area contributed by atoms with Crippen LogP contribution >= 0.6 is 0 Å². The van der Waals surface area contributed by atoms with Gasteiger partial charge in [0.1, 0.15) is 6.26 Å². The summed E-state index contributed by atoms with van der Waals surface area (Å²) >= 11 is 0. The van der Waals surface area contributed by atoms with Gasteiger partial charge in [0.2, 0.25) is 0 Å². The fourth-order valence-electron chi connectivity index (χ4n) is 0.932. The third kappa shape index (κ3) is 2.77. The summed E-state index contributed by atoms with van der Waals surface area (Å²) in [4.78, 5) is 3.62. The van der Waals surface area contributed by atoms with E-state index < -0.39 is 11.8 Å². The monoisotopic (exact) mass is 190 g/mol. The summed E-state index contributed by atoms with van der Waals surface area (Å²) in [5.41, 5.74) is 5.94. The van der Waals surface area contributed by atoms with Crippen molar-refractivity contribution in [2.24, 2.45) is 5.73 Å². The topological polar surface area (TPSA) is 52.0 Å². The number of nitrogens with two attached hydrogens (primary N) is 1. The Hall–Kier alpha value is -0.970. The number of halogens is 2. The van der Waals surface area contributed by atoms with Crippen LogP contribution in [-0.2, 0) is 12.3 Å². The number of hydrogen-bond acceptors (Lipinski definition) is 3. The third-order valence-electron chi connectivity index (χ3n) is 1.46. The van der Waals surface area contributed by atoms with Gasteiger partial charge in [-0.3, -0.25) is 0 Å². The zero-order chi connectivity index (χ0) is 10.1. The minimum Gasteiger partial charge on any atom is -0.443 e. The predicted molar refractivity (Wildman–Crippen MR) is 43.4 cm³/mol. The molecule has 1 rings (SSSR count). The molecule has 2 N–H and O–H groups in total. The van der Waals surface area contributed by atoms with Gasteiger partial charge < -0.3 is 10.2 Å². The van der Waals surface area contributed by atoms with Crippen molar-refractivity contribution in [1.82, 2.24) is 4.98 Å². The Morgan fingerprint density at radius 1 is 1.69 bits per heavy atom. The smallest absolute Gasteiger partial charge is 0.319 e. The molecule has 1 aromatic heterocycles. The summed E-state index contributed by atoms with van der Waals surface area (Å²) in [5, 5.41) is 0. The lowest BCUT2D eigenvalue weighted by Crippen LogP contribution is -2.18. The Kier molecular flexibility index (Phi) is 2.66. The maximum atomic E-state index is 12.6. The molecule has 0 bridgehead atoms. The Labute approximate surface area is 74.9 Å². The van der Waals surface area contributed by atoms with Crippen LogP contribution in [0.2, 0.25) is 0 Å². The van der Waals surface area contributed by atoms with Crippen LogP contribution in [0.25, 0.3) is 0 Å². The largest absolute Gasteiger partial charge is 0.443 e. The van der Waals surface area contributed by atoms with Gasteiger partial charge in [-0.1, -0.05) is 0 Å². The molecule has 0 amide bonds. The Morgan fingerprint density at radius 3 is 2.69 bits per heavy atom. The first kappa shape index (κ1) is 10.1. The van der Waals surface area contributed by atoms with Crippen molar-refractivity contribution in [1.29, 1.82) is 0 Å². The fraction of sp³-hybridized carbons (Fsp3) is 0.625. The number of nitrogens with zero attached hydrogens (tertiary/aromatic N) is 1. The van der Waals surface area contributed by atoms with Gasteiger partial charge in [-0.05, 0) is 6.92 Å². The van der Waals surface area contributed by atoms with Crippen LogP contribution < -0.4 is 5.73 Å². The lowest BCUT2D eigenvalue weighted by atomic mass is 10.2. The second kappa shape index (κ2) is 3.41. The lowest BCUT2D eigenvalue weighted by molar-refractivity contribution is -0.0109. The van der Waals surface area contributed by atoms with Crippen molar-refractivity contribution < 1.29 is 13.2 Å². The lowest BCUT2D eigenvalue weighted by Gasteiger charge is -2.03. The molecule has 5 heteroatoms. The Balaban J connectivity index is 2.75. The molecule has 3 nitrogen and oxygen atoms in total. The van der Waals surface area contributed by atoms with E-state index in [1.165, 1.54) is 6.26 Å². The highest BCUT2D eigenvalue weighted by atomic mass is 19.3. The van der Waals surface area contributed by atoms with Crippen molar-refractivity contribution >= 4 is 0 Å². The summed E-state index contributed by atoms with van der Waals surface area (Å²) in [6.45, 7) is 2.52. The normalized spacial score (nSPS) is 14.5. The molecule has 0 aromatic carbocycles. The third-order valence-corrected chi connectivity index (χ3v) is 1.46. The molecular formula is C8H12F2N2O. The van der Waals surface area contributed by atoms with Crippen LogP contribution in [0.5, 0.6) is 0 Å². The number of alkyl halides is 2. The molecule has 1 aromatic rings. The van der Waals surface area contributed by atoms with E-state index in [2.05, 4.69) is 9.40 Å². The van der Waals surface area contributed by atoms with Crippen molar-refractivity contribution in [3.05, 3.63) is 17.8 Å². The van der Waals surface area contributed by atoms with Crippen LogP contribution in [0.15, 0.2) is 10.7 Å². The van der Waals surface area contributed by atoms with E-state index in [1.807, 2.05) is 0 Å². The summed E-state index contributed by atoms with van der Waals surface area (Å²) in [6, 6.07) is -0.108. The molecule has 0 saturated heterocycles. The quantitative estimate of drug-likeness (QED) is 0.788. The molecular weight excluding hydrogens is 178 g/mol. The second-order valence-electron chi connectivity index (χ2n) is 3.21. The van der Waals surface area contributed by atoms with Crippen molar-refractivity contribution in [3.63, 3.8) is 0 Å². The van der Waals surface area contributed by atoms with Crippen LogP contribution in [0, 0.1) is 0 Å². The molecule has 74 valence electrons.